The SMILES string of the molecule is O=C(CCCOc1ccc(OCCCC(=O)N[C@@H](CS)C(=O)O)cc1)N[C@@H](CS)C(=O)O. The van der Waals surface area contributed by atoms with Crippen LogP contribution in [-0.2, 0) is 19.2 Å². The zero-order chi connectivity index (χ0) is 23.9. The van der Waals surface area contributed by atoms with Crippen LogP contribution in [0.3, 0.4) is 0 Å². The lowest BCUT2D eigenvalue weighted by molar-refractivity contribution is -0.141. The van der Waals surface area contributed by atoms with Gasteiger partial charge in [0.15, 0.2) is 0 Å². The first-order chi connectivity index (χ1) is 15.3. The van der Waals surface area contributed by atoms with Crippen molar-refractivity contribution in [2.24, 2.45) is 0 Å². The van der Waals surface area contributed by atoms with Gasteiger partial charge in [-0.2, -0.15) is 25.3 Å². The van der Waals surface area contributed by atoms with Crippen LogP contribution < -0.4 is 20.1 Å². The lowest BCUT2D eigenvalue weighted by atomic mass is 10.2. The van der Waals surface area contributed by atoms with Crippen LogP contribution in [0.4, 0.5) is 0 Å². The van der Waals surface area contributed by atoms with E-state index in [9.17, 15) is 19.2 Å². The van der Waals surface area contributed by atoms with E-state index >= 15 is 0 Å². The highest BCUT2D eigenvalue weighted by Crippen LogP contribution is 2.18. The molecule has 0 bridgehead atoms. The van der Waals surface area contributed by atoms with Gasteiger partial charge < -0.3 is 30.3 Å². The minimum absolute atomic E-state index is 0.0143. The highest BCUT2D eigenvalue weighted by molar-refractivity contribution is 7.80. The molecule has 0 aliphatic rings. The van der Waals surface area contributed by atoms with Gasteiger partial charge in [-0.25, -0.2) is 9.59 Å². The molecule has 0 aliphatic carbocycles. The largest absolute Gasteiger partial charge is 0.494 e. The molecular weight excluding hydrogens is 460 g/mol. The second-order valence-electron chi connectivity index (χ2n) is 6.66. The molecule has 0 heterocycles. The lowest BCUT2D eigenvalue weighted by Gasteiger charge is -2.12. The molecule has 12 heteroatoms. The Bertz CT molecular complexity index is 697. The van der Waals surface area contributed by atoms with Crippen LogP contribution in [0, 0.1) is 0 Å². The molecule has 0 saturated carbocycles. The van der Waals surface area contributed by atoms with Gasteiger partial charge in [0.2, 0.25) is 11.8 Å². The van der Waals surface area contributed by atoms with E-state index in [2.05, 4.69) is 35.9 Å². The third-order valence-electron chi connectivity index (χ3n) is 4.09. The number of ether oxygens (including phenoxy) is 2. The van der Waals surface area contributed by atoms with E-state index in [0.29, 0.717) is 24.3 Å². The number of amides is 2. The number of hydrogen-bond acceptors (Lipinski definition) is 8. The Morgan fingerprint density at radius 3 is 1.38 bits per heavy atom. The van der Waals surface area contributed by atoms with Crippen molar-refractivity contribution in [1.29, 1.82) is 0 Å². The van der Waals surface area contributed by atoms with E-state index in [0.717, 1.165) is 0 Å². The third kappa shape index (κ3) is 11.1. The second-order valence-corrected chi connectivity index (χ2v) is 7.39. The summed E-state index contributed by atoms with van der Waals surface area (Å²) in [5.74, 6) is -1.81. The molecule has 1 aromatic carbocycles. The Balaban J connectivity index is 2.23. The van der Waals surface area contributed by atoms with Crippen LogP contribution in [-0.4, -0.2) is 70.8 Å². The molecule has 0 aromatic heterocycles. The van der Waals surface area contributed by atoms with Crippen LogP contribution >= 0.6 is 25.3 Å². The maximum absolute atomic E-state index is 11.7. The van der Waals surface area contributed by atoms with E-state index in [-0.39, 0.29) is 49.4 Å². The van der Waals surface area contributed by atoms with E-state index in [1.165, 1.54) is 0 Å². The number of nitrogens with one attached hydrogen (secondary N) is 2. The van der Waals surface area contributed by atoms with Gasteiger partial charge in [-0.15, -0.1) is 0 Å². The molecule has 0 spiro atoms. The van der Waals surface area contributed by atoms with Gasteiger partial charge in [-0.1, -0.05) is 0 Å². The van der Waals surface area contributed by atoms with E-state index in [4.69, 9.17) is 19.7 Å². The monoisotopic (exact) mass is 488 g/mol. The van der Waals surface area contributed by atoms with Crippen LogP contribution in [0.15, 0.2) is 24.3 Å². The number of benzene rings is 1. The van der Waals surface area contributed by atoms with Gasteiger partial charge in [0.1, 0.15) is 23.6 Å². The number of thiol groups is 2. The van der Waals surface area contributed by atoms with Crippen LogP contribution in [0.1, 0.15) is 25.7 Å². The third-order valence-corrected chi connectivity index (χ3v) is 4.82. The molecule has 32 heavy (non-hydrogen) atoms. The zero-order valence-corrected chi connectivity index (χ0v) is 19.1. The quantitative estimate of drug-likeness (QED) is 0.149. The molecular formula is C20H28N2O8S2. The summed E-state index contributed by atoms with van der Waals surface area (Å²) in [5.41, 5.74) is 0. The molecule has 0 radical (unpaired) electrons. The Kier molecular flexibility index (Phi) is 13.1. The summed E-state index contributed by atoms with van der Waals surface area (Å²) in [4.78, 5) is 45.1. The Hall–Kier alpha value is -2.60. The second kappa shape index (κ2) is 15.2. The fourth-order valence-corrected chi connectivity index (χ4v) is 2.88. The van der Waals surface area contributed by atoms with Crippen LogP contribution in [0.5, 0.6) is 11.5 Å². The van der Waals surface area contributed by atoms with E-state index in [1.54, 1.807) is 24.3 Å². The summed E-state index contributed by atoms with van der Waals surface area (Å²) >= 11 is 7.76. The number of hydrogen-bond donors (Lipinski definition) is 6. The summed E-state index contributed by atoms with van der Waals surface area (Å²) in [6.45, 7) is 0.565. The van der Waals surface area contributed by atoms with Gasteiger partial charge in [0.05, 0.1) is 13.2 Å². The Labute approximate surface area is 196 Å². The summed E-state index contributed by atoms with van der Waals surface area (Å²) in [5, 5.41) is 22.5. The van der Waals surface area contributed by atoms with Crippen molar-refractivity contribution < 1.29 is 38.9 Å². The first kappa shape index (κ1) is 27.4. The molecule has 10 nitrogen and oxygen atoms in total. The minimum atomic E-state index is -1.13. The molecule has 0 saturated heterocycles. The average Bonchev–Trinajstić information content (AvgIpc) is 2.76. The molecule has 2 amide bonds. The van der Waals surface area contributed by atoms with E-state index < -0.39 is 24.0 Å². The number of rotatable bonds is 16. The van der Waals surface area contributed by atoms with Gasteiger partial charge in [0, 0.05) is 24.3 Å². The fourth-order valence-electron chi connectivity index (χ4n) is 2.38. The highest BCUT2D eigenvalue weighted by atomic mass is 32.1. The standard InChI is InChI=1S/C20H28N2O8S2/c23-17(21-15(11-31)19(25)26)3-1-9-29-13-5-7-14(8-6-13)30-10-2-4-18(24)22-16(12-32)20(27)28/h5-8,15-16,31-32H,1-4,9-12H2,(H,21,23)(H,22,24)(H,25,26)(H,27,28)/t15-,16-/m0/s1. The summed E-state index contributed by atoms with van der Waals surface area (Å²) in [7, 11) is 0. The van der Waals surface area contributed by atoms with Crippen molar-refractivity contribution >= 4 is 49.0 Å². The summed E-state index contributed by atoms with van der Waals surface area (Å²) in [6.07, 6.45) is 1.10. The van der Waals surface area contributed by atoms with Gasteiger partial charge >= 0.3 is 11.9 Å². The van der Waals surface area contributed by atoms with Gasteiger partial charge in [-0.3, -0.25) is 9.59 Å². The maximum Gasteiger partial charge on any atom is 0.327 e. The fraction of sp³-hybridized carbons (Fsp3) is 0.500. The van der Waals surface area contributed by atoms with Crippen molar-refractivity contribution in [1.82, 2.24) is 10.6 Å². The molecule has 4 N–H and O–H groups in total. The van der Waals surface area contributed by atoms with Crippen molar-refractivity contribution in [2.45, 2.75) is 37.8 Å². The number of carboxylic acid groups (broad SMARTS) is 2. The molecule has 178 valence electrons. The molecule has 1 aromatic rings. The normalized spacial score (nSPS) is 12.3. The van der Waals surface area contributed by atoms with E-state index in [1.807, 2.05) is 0 Å². The smallest absolute Gasteiger partial charge is 0.327 e. The number of carboxylic acids is 2. The van der Waals surface area contributed by atoms with Crippen molar-refractivity contribution in [3.8, 4) is 11.5 Å². The average molecular weight is 489 g/mol. The van der Waals surface area contributed by atoms with Crippen LogP contribution in [0.2, 0.25) is 0 Å². The highest BCUT2D eigenvalue weighted by Gasteiger charge is 2.18. The summed E-state index contributed by atoms with van der Waals surface area (Å²) < 4.78 is 11.1. The molecule has 2 atom stereocenters. The molecule has 1 rings (SSSR count). The first-order valence-corrected chi connectivity index (χ1v) is 11.1. The number of carbonyl (C=O) groups excluding carboxylic acids is 2. The lowest BCUT2D eigenvalue weighted by Crippen LogP contribution is -2.42. The minimum Gasteiger partial charge on any atom is -0.494 e. The maximum atomic E-state index is 11.7. The van der Waals surface area contributed by atoms with Gasteiger partial charge in [0.25, 0.3) is 0 Å². The molecule has 0 aliphatic heterocycles. The first-order valence-electron chi connectivity index (χ1n) is 9.88. The number of carbonyl (C=O) groups is 4. The molecule has 0 unspecified atom stereocenters. The van der Waals surface area contributed by atoms with Crippen molar-refractivity contribution in [3.63, 3.8) is 0 Å². The topological polar surface area (TPSA) is 151 Å². The predicted molar refractivity (Wildman–Crippen MR) is 123 cm³/mol. The zero-order valence-electron chi connectivity index (χ0n) is 17.4. The predicted octanol–water partition coefficient (Wildman–Crippen LogP) is 1.00. The molecule has 0 fully saturated rings. The van der Waals surface area contributed by atoms with Crippen molar-refractivity contribution in [2.75, 3.05) is 24.7 Å². The van der Waals surface area contributed by atoms with Crippen molar-refractivity contribution in [3.05, 3.63) is 24.3 Å². The van der Waals surface area contributed by atoms with Gasteiger partial charge in [-0.05, 0) is 37.1 Å². The summed E-state index contributed by atoms with van der Waals surface area (Å²) in [6, 6.07) is 4.79. The number of aliphatic carboxylic acids is 2. The van der Waals surface area contributed by atoms with Crippen LogP contribution in [0.25, 0.3) is 0 Å². The Morgan fingerprint density at radius 2 is 1.09 bits per heavy atom. The Morgan fingerprint density at radius 1 is 0.750 bits per heavy atom.